The molecular formula is C15H25BF8N2. The minimum atomic E-state index is -7.21. The fourth-order valence-electron chi connectivity index (χ4n) is 2.07. The molecule has 2 nitrogen and oxygen atoms in total. The van der Waals surface area contributed by atoms with Crippen LogP contribution >= 0.6 is 0 Å². The molecule has 0 aliphatic rings. The maximum absolute atomic E-state index is 11.2. The highest BCUT2D eigenvalue weighted by molar-refractivity contribution is 6.61. The number of nitrogens with zero attached hydrogens (tertiary/aromatic N) is 2. The van der Waals surface area contributed by atoms with Crippen LogP contribution in [0.25, 0.3) is 0 Å². The third-order valence-corrected chi connectivity index (χ3v) is 3.63. The molecule has 0 amide bonds. The molecule has 0 fully saturated rings. The van der Waals surface area contributed by atoms with Crippen molar-refractivity contribution < 1.29 is 39.5 Å². The lowest BCUT2D eigenvalue weighted by molar-refractivity contribution is -0.671. The normalized spacial score (nSPS) is 12.7. The molecule has 0 unspecified atom stereocenters. The van der Waals surface area contributed by atoms with Crippen LogP contribution in [0.4, 0.5) is 34.9 Å². The van der Waals surface area contributed by atoms with Gasteiger partial charge in [-0.25, -0.2) is 17.9 Å². The van der Waals surface area contributed by atoms with Crippen molar-refractivity contribution in [2.75, 3.05) is 0 Å². The van der Waals surface area contributed by atoms with Gasteiger partial charge in [-0.3, -0.25) is 0 Å². The van der Waals surface area contributed by atoms with Gasteiger partial charge in [0, 0.05) is 0 Å². The summed E-state index contributed by atoms with van der Waals surface area (Å²) < 4.78 is 92.2. The second kappa shape index (κ2) is 10.8. The zero-order valence-electron chi connectivity index (χ0n) is 14.9. The molecule has 0 aromatic carbocycles. The quantitative estimate of drug-likeness (QED) is 0.221. The van der Waals surface area contributed by atoms with Crippen LogP contribution in [0.15, 0.2) is 18.7 Å². The second-order valence-electron chi connectivity index (χ2n) is 6.13. The summed E-state index contributed by atoms with van der Waals surface area (Å²) >= 11 is 0. The van der Waals surface area contributed by atoms with Gasteiger partial charge in [-0.1, -0.05) is 39.0 Å². The highest BCUT2D eigenvalue weighted by Crippen LogP contribution is 2.43. The van der Waals surface area contributed by atoms with E-state index in [4.69, 9.17) is 0 Å². The fourth-order valence-corrected chi connectivity index (χ4v) is 2.07. The Hall–Kier alpha value is -1.29. The fraction of sp³-hybridized carbons (Fsp3) is 0.800. The van der Waals surface area contributed by atoms with E-state index >= 15 is 0 Å². The highest BCUT2D eigenvalue weighted by atomic mass is 19.4. The number of aryl methyl sites for hydroxylation is 2. The molecule has 11 heteroatoms. The number of imidazole rings is 1. The van der Waals surface area contributed by atoms with E-state index in [0.717, 1.165) is 0 Å². The zero-order valence-corrected chi connectivity index (χ0v) is 14.9. The average Bonchev–Trinajstić information content (AvgIpc) is 2.90. The summed E-state index contributed by atoms with van der Waals surface area (Å²) in [5.74, 6) is -6.56. The van der Waals surface area contributed by atoms with Gasteiger partial charge in [-0.15, -0.1) is 0 Å². The summed E-state index contributed by atoms with van der Waals surface area (Å²) in [4.78, 5) is 0. The Morgan fingerprint density at radius 3 is 1.73 bits per heavy atom. The molecule has 1 heterocycles. The van der Waals surface area contributed by atoms with Crippen molar-refractivity contribution in [3.05, 3.63) is 18.7 Å². The lowest BCUT2D eigenvalue weighted by atomic mass is 9.80. The summed E-state index contributed by atoms with van der Waals surface area (Å²) in [7, 11) is 2.07. The van der Waals surface area contributed by atoms with Crippen molar-refractivity contribution in [3.8, 4) is 0 Å². The number of rotatable bonds is 9. The molecule has 1 rings (SSSR count). The monoisotopic (exact) mass is 396 g/mol. The van der Waals surface area contributed by atoms with Crippen LogP contribution in [-0.2, 0) is 13.6 Å². The van der Waals surface area contributed by atoms with Crippen LogP contribution in [0.3, 0.4) is 0 Å². The van der Waals surface area contributed by atoms with Crippen LogP contribution in [0.2, 0.25) is 0 Å². The molecule has 0 saturated heterocycles. The molecular weight excluding hydrogens is 371 g/mol. The van der Waals surface area contributed by atoms with Gasteiger partial charge in [-0.05, 0) is 12.8 Å². The number of alkyl halides is 5. The Labute approximate surface area is 148 Å². The summed E-state index contributed by atoms with van der Waals surface area (Å²) in [6.07, 6.45) is 9.57. The SMILES string of the molecule is CCCCCCCCCn1cc[n+](C)c1.F[B-](F)(F)C(F)(F)C(F)(F)F. The summed E-state index contributed by atoms with van der Waals surface area (Å²) in [6, 6.07) is 0. The highest BCUT2D eigenvalue weighted by Gasteiger charge is 2.69. The molecule has 0 bridgehead atoms. The van der Waals surface area contributed by atoms with Gasteiger partial charge in [0.1, 0.15) is 12.4 Å². The molecule has 26 heavy (non-hydrogen) atoms. The molecule has 0 N–H and O–H groups in total. The van der Waals surface area contributed by atoms with Crippen molar-refractivity contribution in [1.82, 2.24) is 4.57 Å². The van der Waals surface area contributed by atoms with Gasteiger partial charge in [-0.2, -0.15) is 13.2 Å². The maximum atomic E-state index is 11.2. The van der Waals surface area contributed by atoms with Crippen molar-refractivity contribution in [1.29, 1.82) is 0 Å². The Morgan fingerprint density at radius 1 is 0.885 bits per heavy atom. The Kier molecular flexibility index (Phi) is 10.2. The first-order valence-electron chi connectivity index (χ1n) is 8.47. The van der Waals surface area contributed by atoms with Crippen LogP contribution in [0.5, 0.6) is 0 Å². The van der Waals surface area contributed by atoms with Crippen molar-refractivity contribution in [2.45, 2.75) is 70.4 Å². The van der Waals surface area contributed by atoms with E-state index in [9.17, 15) is 34.9 Å². The first-order valence-corrected chi connectivity index (χ1v) is 8.47. The van der Waals surface area contributed by atoms with E-state index in [0.29, 0.717) is 0 Å². The van der Waals surface area contributed by atoms with Crippen molar-refractivity contribution in [3.63, 3.8) is 0 Å². The molecule has 0 saturated carbocycles. The van der Waals surface area contributed by atoms with E-state index in [1.54, 1.807) is 0 Å². The number of aromatic nitrogens is 2. The van der Waals surface area contributed by atoms with E-state index in [2.05, 4.69) is 41.8 Å². The molecule has 0 radical (unpaired) electrons. The lowest BCUT2D eigenvalue weighted by Gasteiger charge is -2.28. The third kappa shape index (κ3) is 8.89. The maximum Gasteiger partial charge on any atom is 0.558 e. The van der Waals surface area contributed by atoms with Gasteiger partial charge in [0.05, 0.1) is 13.6 Å². The minimum absolute atomic E-state index is 1.18. The molecule has 0 aliphatic heterocycles. The van der Waals surface area contributed by atoms with E-state index in [1.807, 2.05) is 0 Å². The predicted octanol–water partition coefficient (Wildman–Crippen LogP) is 5.63. The molecule has 1 aromatic rings. The third-order valence-electron chi connectivity index (χ3n) is 3.63. The summed E-state index contributed by atoms with van der Waals surface area (Å²) in [5.41, 5.74) is 0. The summed E-state index contributed by atoms with van der Waals surface area (Å²) in [5, 5.41) is 0. The Bertz CT molecular complexity index is 481. The van der Waals surface area contributed by atoms with Crippen LogP contribution in [0.1, 0.15) is 51.9 Å². The number of hydrogen-bond acceptors (Lipinski definition) is 0. The van der Waals surface area contributed by atoms with Crippen molar-refractivity contribution in [2.24, 2.45) is 7.05 Å². The zero-order chi connectivity index (χ0) is 20.4. The standard InChI is InChI=1S/C13H25N2.C2BF8/c1-3-4-5-6-7-8-9-10-15-12-11-14(2)13-15;4-1(5,2(6,7)8)3(9,10)11/h11-13H,3-10H2,1-2H3;/q+1;-1. The number of unbranched alkanes of at least 4 members (excludes halogenated alkanes) is 6. The first-order chi connectivity index (χ1) is 11.8. The van der Waals surface area contributed by atoms with Gasteiger partial charge in [0.2, 0.25) is 6.33 Å². The van der Waals surface area contributed by atoms with Gasteiger partial charge in [0.25, 0.3) is 0 Å². The smallest absolute Gasteiger partial charge is 0.445 e. The Balaban J connectivity index is 0.000000508. The largest absolute Gasteiger partial charge is 0.558 e. The lowest BCUT2D eigenvalue weighted by Crippen LogP contribution is -2.53. The van der Waals surface area contributed by atoms with Crippen LogP contribution in [0, 0.1) is 0 Å². The van der Waals surface area contributed by atoms with E-state index in [1.165, 1.54) is 51.5 Å². The van der Waals surface area contributed by atoms with Crippen LogP contribution < -0.4 is 4.57 Å². The van der Waals surface area contributed by atoms with Gasteiger partial charge < -0.3 is 12.9 Å². The second-order valence-corrected chi connectivity index (χ2v) is 6.13. The number of halogens is 8. The molecule has 0 atom stereocenters. The van der Waals surface area contributed by atoms with E-state index in [-0.39, 0.29) is 0 Å². The van der Waals surface area contributed by atoms with E-state index < -0.39 is 19.0 Å². The van der Waals surface area contributed by atoms with Crippen LogP contribution in [-0.4, -0.2) is 23.5 Å². The average molecular weight is 396 g/mol. The molecule has 154 valence electrons. The topological polar surface area (TPSA) is 8.81 Å². The minimum Gasteiger partial charge on any atom is -0.445 e. The van der Waals surface area contributed by atoms with Gasteiger partial charge in [0.15, 0.2) is 0 Å². The molecule has 1 aromatic heterocycles. The Morgan fingerprint density at radius 2 is 1.38 bits per heavy atom. The first kappa shape index (κ1) is 24.7. The summed E-state index contributed by atoms with van der Waals surface area (Å²) in [6.45, 7) is -3.76. The molecule has 0 aliphatic carbocycles. The van der Waals surface area contributed by atoms with Gasteiger partial charge >= 0.3 is 19.0 Å². The number of hydrogen-bond donors (Lipinski definition) is 0. The van der Waals surface area contributed by atoms with Crippen molar-refractivity contribution >= 4 is 6.98 Å². The predicted molar refractivity (Wildman–Crippen MR) is 83.7 cm³/mol. The molecule has 0 spiro atoms.